The lowest BCUT2D eigenvalue weighted by atomic mass is 10.1. The van der Waals surface area contributed by atoms with Gasteiger partial charge in [-0.3, -0.25) is 101 Å². The smallest absolute Gasteiger partial charge is 0.322 e. The molecular weight excluding hydrogens is 1980 g/mol. The molecule has 56 heteroatoms. The number of nitriles is 1. The van der Waals surface area contributed by atoms with Gasteiger partial charge in [-0.2, -0.15) is 5.26 Å². The van der Waals surface area contributed by atoms with Crippen LogP contribution in [-0.4, -0.2) is 280 Å². The topological polar surface area (TPSA) is 682 Å². The van der Waals surface area contributed by atoms with Crippen LogP contribution >= 0.6 is 0 Å². The molecule has 10 aromatic carbocycles. The Morgan fingerprint density at radius 2 is 0.627 bits per heavy atom. The fourth-order valence-electron chi connectivity index (χ4n) is 15.9. The molecule has 0 saturated carbocycles. The molecule has 0 aromatic heterocycles. The van der Waals surface area contributed by atoms with Crippen molar-refractivity contribution in [2.24, 2.45) is 0 Å². The molecule has 5 aliphatic rings. The molecule has 786 valence electrons. The summed E-state index contributed by atoms with van der Waals surface area (Å²) in [5, 5.41) is 122. The quantitative estimate of drug-likeness (QED) is 0.0170. The van der Waals surface area contributed by atoms with Gasteiger partial charge in [0.2, 0.25) is 0 Å². The van der Waals surface area contributed by atoms with Crippen molar-refractivity contribution in [2.75, 3.05) is 196 Å². The number of carbonyl (C=O) groups is 10. The second-order valence-corrected chi connectivity index (χ2v) is 32.7. The molecule has 15 N–H and O–H groups in total. The zero-order valence-corrected chi connectivity index (χ0v) is 79.7. The number of amides is 15. The number of halogens is 3. The number of rotatable bonds is 22. The van der Waals surface area contributed by atoms with E-state index in [2.05, 4.69) is 26.6 Å². The maximum atomic E-state index is 13.7. The summed E-state index contributed by atoms with van der Waals surface area (Å²) < 4.78 is 51.5. The van der Waals surface area contributed by atoms with Crippen molar-refractivity contribution in [1.82, 2.24) is 51.9 Å². The van der Waals surface area contributed by atoms with Crippen LogP contribution in [0.4, 0.5) is 122 Å². The Labute approximate surface area is 847 Å². The van der Waals surface area contributed by atoms with Crippen LogP contribution in [0.2, 0.25) is 0 Å². The van der Waals surface area contributed by atoms with Gasteiger partial charge in [0.1, 0.15) is 40.3 Å². The molecule has 0 bridgehead atoms. The molecule has 5 heterocycles. The number of aryl methyl sites for hydroxylation is 1. The van der Waals surface area contributed by atoms with Crippen LogP contribution in [0.15, 0.2) is 200 Å². The van der Waals surface area contributed by atoms with Crippen LogP contribution in [0.5, 0.6) is 11.5 Å². The number of nitro groups is 5. The van der Waals surface area contributed by atoms with Gasteiger partial charge in [-0.15, -0.1) is 0 Å². The van der Waals surface area contributed by atoms with Gasteiger partial charge in [0.25, 0.3) is 58.0 Å². The van der Waals surface area contributed by atoms with E-state index in [4.69, 9.17) is 40.8 Å². The minimum atomic E-state index is -0.913. The Morgan fingerprint density at radius 1 is 0.320 bits per heavy atom. The third-order valence-electron chi connectivity index (χ3n) is 23.8. The SMILES string of the molecule is COc1cc(NC(=O)N2CCN(c3ccc(C(=O)NO)cc3[N+](=O)[O-])CC2)cc(OC)c1.Cc1ccccc1NC(=O)N1CCN(c2ccc([N+](=O)[O-])cc2C(=O)NO)CC1.N#Cc1cccc(NC(=O)N2CCN(c3ccc([N+](=O)[O-])cc3C(=O)NO)CC2)c1.O=C(NO)c1cc([N+](=O)[O-])ccc1N1CCN(C(=O)Nc2c(F)cccc2F)CC1.O=C(NO)c1cc([N+](=O)[O-])ccc1N1CCN(C(=O)Nc2ccccc2F)CC1. The number of non-ortho nitro benzene ring substituents is 4. The first kappa shape index (κ1) is 111. The molecule has 0 spiro atoms. The molecule has 10 aromatic rings. The summed E-state index contributed by atoms with van der Waals surface area (Å²) in [6, 6.07) is 47.3. The molecule has 5 saturated heterocycles. The molecule has 5 aliphatic heterocycles. The van der Waals surface area contributed by atoms with Gasteiger partial charge in [0, 0.05) is 226 Å². The second-order valence-electron chi connectivity index (χ2n) is 32.7. The first-order valence-electron chi connectivity index (χ1n) is 45.1. The van der Waals surface area contributed by atoms with Crippen LogP contribution in [0, 0.1) is 86.3 Å². The Balaban J connectivity index is 0.000000178. The fourth-order valence-corrected chi connectivity index (χ4v) is 15.9. The molecule has 0 atom stereocenters. The zero-order chi connectivity index (χ0) is 109. The summed E-state index contributed by atoms with van der Waals surface area (Å²) in [6.45, 7) is 8.55. The van der Waals surface area contributed by atoms with Crippen molar-refractivity contribution in [3.8, 4) is 17.6 Å². The van der Waals surface area contributed by atoms with Crippen molar-refractivity contribution in [1.29, 1.82) is 5.26 Å². The molecular formula is C94H97F3N26O27. The molecule has 53 nitrogen and oxygen atoms in total. The third kappa shape index (κ3) is 28.8. The van der Waals surface area contributed by atoms with E-state index in [-0.39, 0.29) is 119 Å². The molecule has 5 fully saturated rings. The van der Waals surface area contributed by atoms with E-state index in [0.717, 1.165) is 53.7 Å². The van der Waals surface area contributed by atoms with E-state index in [1.165, 1.54) is 136 Å². The van der Waals surface area contributed by atoms with Gasteiger partial charge in [0.05, 0.1) is 101 Å². The number of anilines is 10. The molecule has 15 rings (SSSR count). The van der Waals surface area contributed by atoms with Crippen LogP contribution in [0.3, 0.4) is 0 Å². The number of nitrogens with one attached hydrogen (secondary N) is 10. The Hall–Kier alpha value is -19.4. The van der Waals surface area contributed by atoms with E-state index >= 15 is 0 Å². The maximum absolute atomic E-state index is 13.7. The summed E-state index contributed by atoms with van der Waals surface area (Å²) >= 11 is 0. The second kappa shape index (κ2) is 52.2. The maximum Gasteiger partial charge on any atom is 0.322 e. The number of hydroxylamine groups is 5. The van der Waals surface area contributed by atoms with E-state index < -0.39 is 89.4 Å². The number of carbonyl (C=O) groups excluding carboxylic acids is 10. The largest absolute Gasteiger partial charge is 0.497 e. The summed E-state index contributed by atoms with van der Waals surface area (Å²) in [5.41, 5.74) is 10.5. The number of nitro benzene ring substituents is 5. The van der Waals surface area contributed by atoms with Crippen LogP contribution in [-0.2, 0) is 0 Å². The zero-order valence-electron chi connectivity index (χ0n) is 79.7. The van der Waals surface area contributed by atoms with Crippen molar-refractivity contribution in [3.05, 3.63) is 307 Å². The van der Waals surface area contributed by atoms with Gasteiger partial charge in [-0.25, -0.2) is 64.5 Å². The third-order valence-corrected chi connectivity index (χ3v) is 23.8. The fraction of sp³-hybridized carbons (Fsp3) is 0.245. The lowest BCUT2D eigenvalue weighted by Gasteiger charge is -2.36. The summed E-state index contributed by atoms with van der Waals surface area (Å²) in [4.78, 5) is 191. The first-order valence-corrected chi connectivity index (χ1v) is 45.1. The van der Waals surface area contributed by atoms with E-state index in [1.807, 2.05) is 47.1 Å². The van der Waals surface area contributed by atoms with Gasteiger partial charge in [-0.1, -0.05) is 42.5 Å². The highest BCUT2D eigenvalue weighted by Gasteiger charge is 2.35. The molecule has 0 radical (unpaired) electrons. The number of hydrogen-bond donors (Lipinski definition) is 15. The molecule has 150 heavy (non-hydrogen) atoms. The van der Waals surface area contributed by atoms with Gasteiger partial charge >= 0.3 is 30.2 Å². The number of para-hydroxylation sites is 3. The average molecular weight is 2080 g/mol. The van der Waals surface area contributed by atoms with Gasteiger partial charge < -0.3 is 85.1 Å². The highest BCUT2D eigenvalue weighted by Crippen LogP contribution is 2.36. The van der Waals surface area contributed by atoms with Crippen molar-refractivity contribution < 1.29 is 121 Å². The van der Waals surface area contributed by atoms with Crippen molar-refractivity contribution in [2.45, 2.75) is 6.92 Å². The summed E-state index contributed by atoms with van der Waals surface area (Å²) in [5.74, 6) is -5.56. The van der Waals surface area contributed by atoms with Crippen LogP contribution in [0.1, 0.15) is 62.9 Å². The van der Waals surface area contributed by atoms with Crippen LogP contribution in [0.25, 0.3) is 0 Å². The molecule has 15 amide bonds. The normalized spacial score (nSPS) is 13.6. The van der Waals surface area contributed by atoms with E-state index in [1.54, 1.807) is 77.9 Å². The number of methoxy groups -OCH3 is 2. The number of nitrogens with zero attached hydrogens (tertiary/aromatic N) is 16. The number of benzene rings is 10. The van der Waals surface area contributed by atoms with Crippen molar-refractivity contribution in [3.63, 3.8) is 0 Å². The van der Waals surface area contributed by atoms with E-state index in [0.29, 0.717) is 149 Å². The van der Waals surface area contributed by atoms with Gasteiger partial charge in [-0.05, 0) is 97.4 Å². The number of ether oxygens (including phenoxy) is 2. The van der Waals surface area contributed by atoms with Gasteiger partial charge in [0.15, 0.2) is 0 Å². The summed E-state index contributed by atoms with van der Waals surface area (Å²) in [7, 11) is 3.03. The number of piperazine rings is 5. The molecule has 0 unspecified atom stereocenters. The van der Waals surface area contributed by atoms with E-state index in [9.17, 15) is 112 Å². The minimum Gasteiger partial charge on any atom is -0.497 e. The Kier molecular flexibility index (Phi) is 38.6. The standard InChI is InChI=1S/C20H23N5O7.C19H18N6O5.C19H21N5O5.C18H17F2N5O5.C18H18FN5O5/c1-31-15-10-14(11-16(12-15)32-2)21-20(27)24-7-5-23(6-8-24)17-4-3-13(19(26)22-28)9-18(17)25(29)30;20-12-13-2-1-3-14(10-13)21-19(27)24-8-6-23(7-9-24)17-5-4-15(25(29)30)11-16(17)18(26)22-28;1-13-4-2-3-5-16(13)20-19(26)23-10-8-22(9-11-23)17-7-6-14(24(28)29)12-15(17)18(25)21-27;19-13-2-1-3-14(20)16(13)21-18(27)24-8-6-23(7-9-24)15-5-4-11(25(29)30)10-12(15)17(26)22-28;19-14-3-1-2-4-15(14)20-18(26)23-9-7-22(8-10-23)16-6-5-12(24(28)29)11-13(16)17(25)21-27/h3-4,9-12,28H,5-8H2,1-2H3,(H,21,27)(H,22,26);1-5,10-11,28H,6-9H2,(H,21,27)(H,22,26);2-7,12,27H,8-11H2,1H3,(H,20,26)(H,21,25);1-5,10,28H,6-9H2,(H,21,27)(H,22,26);1-6,11,27H,7-10H2,(H,20,26)(H,21,25). The Morgan fingerprint density at radius 3 is 0.960 bits per heavy atom. The first-order chi connectivity index (χ1) is 71.9. The predicted octanol–water partition coefficient (Wildman–Crippen LogP) is 11.0. The highest BCUT2D eigenvalue weighted by atomic mass is 19.1. The number of hydrogen-bond acceptors (Lipinski definition) is 33. The minimum absolute atomic E-state index is 0.000452. The van der Waals surface area contributed by atoms with Crippen LogP contribution < -0.4 is 88.0 Å². The average Bonchev–Trinajstić information content (AvgIpc) is 0.812. The highest BCUT2D eigenvalue weighted by molar-refractivity contribution is 6.03. The predicted molar refractivity (Wildman–Crippen MR) is 530 cm³/mol. The number of urea groups is 5. The molecule has 0 aliphatic carbocycles. The lowest BCUT2D eigenvalue weighted by Crippen LogP contribution is -2.50. The monoisotopic (exact) mass is 2080 g/mol. The van der Waals surface area contributed by atoms with Crippen molar-refractivity contribution >= 4 is 145 Å². The summed E-state index contributed by atoms with van der Waals surface area (Å²) in [6.07, 6.45) is 0. The lowest BCUT2D eigenvalue weighted by molar-refractivity contribution is -0.385. The Bertz CT molecular complexity index is 6580.